The Bertz CT molecular complexity index is 861. The quantitative estimate of drug-likeness (QED) is 0.675. The summed E-state index contributed by atoms with van der Waals surface area (Å²) < 4.78 is 5.56. The predicted molar refractivity (Wildman–Crippen MR) is 73.5 cm³/mol. The van der Waals surface area contributed by atoms with Crippen molar-refractivity contribution in [2.75, 3.05) is 0 Å². The van der Waals surface area contributed by atoms with E-state index in [0.717, 1.165) is 0 Å². The van der Waals surface area contributed by atoms with E-state index in [-0.39, 0.29) is 6.42 Å². The molecule has 0 aliphatic heterocycles. The molecule has 0 saturated carbocycles. The predicted octanol–water partition coefficient (Wildman–Crippen LogP) is 1.90. The van der Waals surface area contributed by atoms with Crippen LogP contribution in [0.1, 0.15) is 5.69 Å². The zero-order valence-corrected chi connectivity index (χ0v) is 11.5. The van der Waals surface area contributed by atoms with Crippen molar-refractivity contribution in [1.82, 2.24) is 15.2 Å². The second kappa shape index (κ2) is 4.64. The normalized spacial score (nSPS) is 11.1. The number of aliphatic carboxylic acids is 1. The van der Waals surface area contributed by atoms with Gasteiger partial charge in [0.2, 0.25) is 0 Å². The second-order valence-electron chi connectivity index (χ2n) is 4.16. The number of hydrogen-bond donors (Lipinski definition) is 3. The van der Waals surface area contributed by atoms with Crippen LogP contribution in [-0.4, -0.2) is 26.3 Å². The number of H-pyrrole nitrogens is 2. The van der Waals surface area contributed by atoms with Crippen LogP contribution in [0.5, 0.6) is 0 Å². The molecule has 102 valence electrons. The molecule has 0 atom stereocenters. The van der Waals surface area contributed by atoms with E-state index < -0.39 is 11.7 Å². The van der Waals surface area contributed by atoms with Gasteiger partial charge in [0.25, 0.3) is 0 Å². The van der Waals surface area contributed by atoms with E-state index in [1.165, 1.54) is 0 Å². The molecule has 0 radical (unpaired) electrons. The Morgan fingerprint density at radius 2 is 2.25 bits per heavy atom. The molecule has 3 rings (SSSR count). The summed E-state index contributed by atoms with van der Waals surface area (Å²) in [4.78, 5) is 24.4. The van der Waals surface area contributed by atoms with Gasteiger partial charge in [0, 0.05) is 5.56 Å². The first-order chi connectivity index (χ1) is 9.54. The van der Waals surface area contributed by atoms with E-state index in [9.17, 15) is 9.59 Å². The van der Waals surface area contributed by atoms with E-state index in [1.54, 1.807) is 18.2 Å². The molecule has 2 heterocycles. The van der Waals surface area contributed by atoms with Gasteiger partial charge in [-0.3, -0.25) is 14.9 Å². The van der Waals surface area contributed by atoms with Gasteiger partial charge in [0.15, 0.2) is 5.58 Å². The van der Waals surface area contributed by atoms with Crippen LogP contribution in [0.4, 0.5) is 0 Å². The lowest BCUT2D eigenvalue weighted by molar-refractivity contribution is -0.136. The third-order valence-corrected chi connectivity index (χ3v) is 3.65. The number of fused-ring (bicyclic) bond motifs is 1. The Hall–Kier alpha value is -2.35. The van der Waals surface area contributed by atoms with Gasteiger partial charge < -0.3 is 9.52 Å². The average Bonchev–Trinajstić information content (AvgIpc) is 2.91. The maximum atomic E-state index is 11.1. The van der Waals surface area contributed by atoms with Crippen LogP contribution >= 0.6 is 15.9 Å². The lowest BCUT2D eigenvalue weighted by Crippen LogP contribution is -2.00. The molecule has 0 unspecified atom stereocenters. The number of carbonyl (C=O) groups is 1. The molecule has 20 heavy (non-hydrogen) atoms. The highest BCUT2D eigenvalue weighted by Crippen LogP contribution is 2.30. The van der Waals surface area contributed by atoms with Gasteiger partial charge in [-0.15, -0.1) is 0 Å². The fraction of sp³-hybridized carbons (Fsp3) is 0.0833. The topological polar surface area (TPSA) is 112 Å². The van der Waals surface area contributed by atoms with Crippen molar-refractivity contribution in [3.63, 3.8) is 0 Å². The van der Waals surface area contributed by atoms with Crippen molar-refractivity contribution in [2.45, 2.75) is 6.42 Å². The smallest absolute Gasteiger partial charge is 0.417 e. The van der Waals surface area contributed by atoms with Gasteiger partial charge in [0.05, 0.1) is 22.1 Å². The SMILES string of the molecule is O=C(O)Cc1[nH]nc(-c2ccc3[nH]c(=O)oc3c2)c1Br. The molecular weight excluding hydrogens is 330 g/mol. The van der Waals surface area contributed by atoms with Gasteiger partial charge in [-0.2, -0.15) is 5.10 Å². The van der Waals surface area contributed by atoms with Crippen LogP contribution in [0.2, 0.25) is 0 Å². The number of carboxylic acids is 1. The third kappa shape index (κ3) is 2.14. The maximum absolute atomic E-state index is 11.1. The van der Waals surface area contributed by atoms with E-state index in [2.05, 4.69) is 31.1 Å². The Morgan fingerprint density at radius 1 is 1.45 bits per heavy atom. The number of oxazole rings is 1. The minimum atomic E-state index is -0.951. The molecule has 0 amide bonds. The average molecular weight is 338 g/mol. The van der Waals surface area contributed by atoms with Gasteiger partial charge in [0.1, 0.15) is 5.69 Å². The Balaban J connectivity index is 2.08. The molecule has 8 heteroatoms. The highest BCUT2D eigenvalue weighted by atomic mass is 79.9. The number of rotatable bonds is 3. The van der Waals surface area contributed by atoms with Crippen molar-refractivity contribution in [2.24, 2.45) is 0 Å². The van der Waals surface area contributed by atoms with Crippen LogP contribution in [0.3, 0.4) is 0 Å². The van der Waals surface area contributed by atoms with Crippen molar-refractivity contribution in [3.05, 3.63) is 38.9 Å². The summed E-state index contributed by atoms with van der Waals surface area (Å²) in [5.41, 5.74) is 2.76. The van der Waals surface area contributed by atoms with Crippen LogP contribution in [0, 0.1) is 0 Å². The lowest BCUT2D eigenvalue weighted by atomic mass is 10.1. The fourth-order valence-electron chi connectivity index (χ4n) is 1.92. The molecule has 0 aliphatic rings. The number of hydrogen-bond acceptors (Lipinski definition) is 4. The molecule has 2 aromatic heterocycles. The fourth-order valence-corrected chi connectivity index (χ4v) is 2.46. The molecule has 1 aromatic carbocycles. The number of aromatic nitrogens is 3. The Morgan fingerprint density at radius 3 is 3.00 bits per heavy atom. The zero-order chi connectivity index (χ0) is 14.3. The molecule has 3 N–H and O–H groups in total. The maximum Gasteiger partial charge on any atom is 0.417 e. The number of halogens is 1. The first-order valence-electron chi connectivity index (χ1n) is 5.62. The minimum absolute atomic E-state index is 0.158. The molecule has 0 bridgehead atoms. The summed E-state index contributed by atoms with van der Waals surface area (Å²) in [7, 11) is 0. The van der Waals surface area contributed by atoms with Crippen molar-refractivity contribution in [1.29, 1.82) is 0 Å². The summed E-state index contributed by atoms with van der Waals surface area (Å²) in [6, 6.07) is 5.13. The van der Waals surface area contributed by atoms with Crippen LogP contribution in [0.15, 0.2) is 31.9 Å². The van der Waals surface area contributed by atoms with Gasteiger partial charge in [-0.05, 0) is 28.1 Å². The molecule has 7 nitrogen and oxygen atoms in total. The molecule has 3 aromatic rings. The van der Waals surface area contributed by atoms with E-state index >= 15 is 0 Å². The standard InChI is InChI=1S/C12H8BrN3O4/c13-10-7(4-9(17)18)15-16-11(10)5-1-2-6-8(3-5)20-12(19)14-6/h1-3H,4H2,(H,14,19)(H,15,16)(H,17,18). The lowest BCUT2D eigenvalue weighted by Gasteiger charge is -1.98. The summed E-state index contributed by atoms with van der Waals surface area (Å²) in [6.45, 7) is 0. The van der Waals surface area contributed by atoms with Gasteiger partial charge >= 0.3 is 11.7 Å². The van der Waals surface area contributed by atoms with E-state index in [0.29, 0.717) is 32.5 Å². The summed E-state index contributed by atoms with van der Waals surface area (Å²) in [6.07, 6.45) is -0.158. The summed E-state index contributed by atoms with van der Waals surface area (Å²) >= 11 is 3.33. The molecule has 0 aliphatic carbocycles. The highest BCUT2D eigenvalue weighted by molar-refractivity contribution is 9.10. The van der Waals surface area contributed by atoms with Gasteiger partial charge in [-0.1, -0.05) is 6.07 Å². The molecule has 0 fully saturated rings. The Labute approximate surface area is 119 Å². The first kappa shape index (κ1) is 12.7. The number of nitrogens with one attached hydrogen (secondary N) is 2. The molecular formula is C12H8BrN3O4. The summed E-state index contributed by atoms with van der Waals surface area (Å²) in [5.74, 6) is -1.47. The monoisotopic (exact) mass is 337 g/mol. The van der Waals surface area contributed by atoms with Crippen LogP contribution in [0.25, 0.3) is 22.4 Å². The number of aromatic amines is 2. The molecule has 0 saturated heterocycles. The highest BCUT2D eigenvalue weighted by Gasteiger charge is 2.15. The van der Waals surface area contributed by atoms with Crippen molar-refractivity contribution >= 4 is 33.0 Å². The summed E-state index contributed by atoms with van der Waals surface area (Å²) in [5, 5.41) is 15.6. The van der Waals surface area contributed by atoms with E-state index in [1.807, 2.05) is 0 Å². The van der Waals surface area contributed by atoms with Crippen molar-refractivity contribution in [3.8, 4) is 11.3 Å². The van der Waals surface area contributed by atoms with Crippen LogP contribution in [-0.2, 0) is 11.2 Å². The number of carboxylic acid groups (broad SMARTS) is 1. The zero-order valence-electron chi connectivity index (χ0n) is 9.94. The van der Waals surface area contributed by atoms with Crippen molar-refractivity contribution < 1.29 is 14.3 Å². The van der Waals surface area contributed by atoms with E-state index in [4.69, 9.17) is 9.52 Å². The minimum Gasteiger partial charge on any atom is -0.481 e. The van der Waals surface area contributed by atoms with Gasteiger partial charge in [-0.25, -0.2) is 4.79 Å². The number of benzene rings is 1. The first-order valence-corrected chi connectivity index (χ1v) is 6.41. The number of nitrogens with zero attached hydrogens (tertiary/aromatic N) is 1. The Kier molecular flexibility index (Phi) is 2.94. The third-order valence-electron chi connectivity index (χ3n) is 2.80. The van der Waals surface area contributed by atoms with Crippen LogP contribution < -0.4 is 5.76 Å². The largest absolute Gasteiger partial charge is 0.481 e. The molecule has 0 spiro atoms. The second-order valence-corrected chi connectivity index (χ2v) is 4.95.